The van der Waals surface area contributed by atoms with E-state index in [9.17, 15) is 4.39 Å². The maximum Gasteiger partial charge on any atom is 0.102 e. The Morgan fingerprint density at radius 1 is 1.23 bits per heavy atom. The van der Waals surface area contributed by atoms with Crippen molar-refractivity contribution in [2.75, 3.05) is 46.4 Å². The van der Waals surface area contributed by atoms with Crippen molar-refractivity contribution in [1.29, 1.82) is 0 Å². The van der Waals surface area contributed by atoms with Crippen molar-refractivity contribution < 1.29 is 4.39 Å². The van der Waals surface area contributed by atoms with Gasteiger partial charge in [-0.1, -0.05) is 13.8 Å². The number of likely N-dealkylation sites (N-methyl/N-ethyl adjacent to an activating group) is 1. The monoisotopic (exact) mass is 188 g/mol. The molecule has 0 unspecified atom stereocenters. The minimum absolute atomic E-state index is 0.222. The van der Waals surface area contributed by atoms with Gasteiger partial charge in [-0.2, -0.15) is 0 Å². The third-order valence-corrected chi connectivity index (χ3v) is 2.55. The summed E-state index contributed by atoms with van der Waals surface area (Å²) < 4.78 is 12.2. The van der Waals surface area contributed by atoms with E-state index in [1.807, 2.05) is 0 Å². The van der Waals surface area contributed by atoms with Crippen LogP contribution in [0.15, 0.2) is 0 Å². The summed E-state index contributed by atoms with van der Waals surface area (Å²) in [5.74, 6) is 0. The molecule has 1 heterocycles. The molecule has 0 amide bonds. The van der Waals surface area contributed by atoms with Gasteiger partial charge in [0.2, 0.25) is 0 Å². The van der Waals surface area contributed by atoms with Crippen LogP contribution in [-0.4, -0.2) is 56.2 Å². The SMILES string of the molecule is CN1CCN(CCF)CC(C)(C)C1. The molecule has 0 bridgehead atoms. The Morgan fingerprint density at radius 2 is 1.92 bits per heavy atom. The first-order valence-corrected chi connectivity index (χ1v) is 5.00. The Labute approximate surface area is 80.7 Å². The molecule has 0 N–H and O–H groups in total. The molecule has 1 rings (SSSR count). The average Bonchev–Trinajstić information content (AvgIpc) is 2.09. The second-order valence-electron chi connectivity index (χ2n) is 4.87. The van der Waals surface area contributed by atoms with Gasteiger partial charge in [0.1, 0.15) is 6.67 Å². The highest BCUT2D eigenvalue weighted by Crippen LogP contribution is 2.20. The molecule has 0 aliphatic carbocycles. The maximum absolute atomic E-state index is 12.2. The molecule has 0 saturated carbocycles. The molecule has 0 spiro atoms. The van der Waals surface area contributed by atoms with Crippen LogP contribution in [-0.2, 0) is 0 Å². The standard InChI is InChI=1S/C10H21FN2/c1-10(2)8-12(3)6-7-13(9-10)5-4-11/h4-9H2,1-3H3. The first-order chi connectivity index (χ1) is 6.03. The quantitative estimate of drug-likeness (QED) is 0.643. The number of hydrogen-bond donors (Lipinski definition) is 0. The van der Waals surface area contributed by atoms with Crippen LogP contribution in [0.1, 0.15) is 13.8 Å². The Hall–Kier alpha value is -0.150. The van der Waals surface area contributed by atoms with Gasteiger partial charge in [0.25, 0.3) is 0 Å². The fourth-order valence-electron chi connectivity index (χ4n) is 2.17. The van der Waals surface area contributed by atoms with Gasteiger partial charge in [0.05, 0.1) is 0 Å². The fraction of sp³-hybridized carbons (Fsp3) is 1.00. The molecule has 0 aromatic rings. The van der Waals surface area contributed by atoms with E-state index in [0.29, 0.717) is 12.0 Å². The van der Waals surface area contributed by atoms with Crippen LogP contribution in [0.2, 0.25) is 0 Å². The van der Waals surface area contributed by atoms with Crippen LogP contribution < -0.4 is 0 Å². The van der Waals surface area contributed by atoms with Crippen molar-refractivity contribution in [3.05, 3.63) is 0 Å². The zero-order valence-electron chi connectivity index (χ0n) is 9.02. The van der Waals surface area contributed by atoms with Crippen molar-refractivity contribution in [3.8, 4) is 0 Å². The van der Waals surface area contributed by atoms with E-state index in [4.69, 9.17) is 0 Å². The van der Waals surface area contributed by atoms with E-state index in [1.54, 1.807) is 0 Å². The molecule has 2 nitrogen and oxygen atoms in total. The number of alkyl halides is 1. The lowest BCUT2D eigenvalue weighted by Gasteiger charge is -2.29. The van der Waals surface area contributed by atoms with E-state index < -0.39 is 0 Å². The Morgan fingerprint density at radius 3 is 2.54 bits per heavy atom. The summed E-state index contributed by atoms with van der Waals surface area (Å²) in [6, 6.07) is 0. The highest BCUT2D eigenvalue weighted by Gasteiger charge is 2.26. The van der Waals surface area contributed by atoms with Gasteiger partial charge >= 0.3 is 0 Å². The summed E-state index contributed by atoms with van der Waals surface area (Å²) >= 11 is 0. The molecule has 1 aliphatic rings. The van der Waals surface area contributed by atoms with Crippen molar-refractivity contribution >= 4 is 0 Å². The molecule has 3 heteroatoms. The van der Waals surface area contributed by atoms with Crippen LogP contribution in [0.3, 0.4) is 0 Å². The van der Waals surface area contributed by atoms with Crippen molar-refractivity contribution in [3.63, 3.8) is 0 Å². The highest BCUT2D eigenvalue weighted by molar-refractivity contribution is 4.81. The van der Waals surface area contributed by atoms with Gasteiger partial charge in [-0.15, -0.1) is 0 Å². The molecule has 1 aliphatic heterocycles. The van der Waals surface area contributed by atoms with Crippen molar-refractivity contribution in [1.82, 2.24) is 9.80 Å². The Balaban J connectivity index is 2.52. The minimum atomic E-state index is -0.222. The molecule has 1 fully saturated rings. The zero-order chi connectivity index (χ0) is 9.90. The second-order valence-corrected chi connectivity index (χ2v) is 4.87. The largest absolute Gasteiger partial charge is 0.305 e. The van der Waals surface area contributed by atoms with Crippen LogP contribution >= 0.6 is 0 Å². The highest BCUT2D eigenvalue weighted by atomic mass is 19.1. The molecule has 13 heavy (non-hydrogen) atoms. The summed E-state index contributed by atoms with van der Waals surface area (Å²) in [6.45, 7) is 9.06. The van der Waals surface area contributed by atoms with Gasteiger partial charge < -0.3 is 4.90 Å². The number of nitrogens with zero attached hydrogens (tertiary/aromatic N) is 2. The summed E-state index contributed by atoms with van der Waals surface area (Å²) in [5.41, 5.74) is 0.292. The first-order valence-electron chi connectivity index (χ1n) is 5.00. The predicted octanol–water partition coefficient (Wildman–Crippen LogP) is 1.23. The Bertz CT molecular complexity index is 159. The summed E-state index contributed by atoms with van der Waals surface area (Å²) in [7, 11) is 2.14. The number of halogens is 1. The number of hydrogen-bond acceptors (Lipinski definition) is 2. The Kier molecular flexibility index (Phi) is 3.68. The van der Waals surface area contributed by atoms with E-state index in [2.05, 4.69) is 30.7 Å². The molecule has 0 aromatic carbocycles. The van der Waals surface area contributed by atoms with Gasteiger partial charge in [-0.25, -0.2) is 4.39 Å². The second kappa shape index (κ2) is 4.38. The molecule has 1 saturated heterocycles. The lowest BCUT2D eigenvalue weighted by Crippen LogP contribution is -2.36. The van der Waals surface area contributed by atoms with Gasteiger partial charge in [0, 0.05) is 32.7 Å². The molecule has 0 atom stereocenters. The first kappa shape index (κ1) is 10.9. The topological polar surface area (TPSA) is 6.48 Å². The van der Waals surface area contributed by atoms with Gasteiger partial charge in [0.15, 0.2) is 0 Å². The number of rotatable bonds is 2. The van der Waals surface area contributed by atoms with E-state index in [0.717, 1.165) is 26.2 Å². The van der Waals surface area contributed by atoms with E-state index >= 15 is 0 Å². The van der Waals surface area contributed by atoms with E-state index in [-0.39, 0.29) is 6.67 Å². The molecular formula is C10H21FN2. The normalized spacial score (nSPS) is 25.8. The molecule has 0 radical (unpaired) electrons. The summed E-state index contributed by atoms with van der Waals surface area (Å²) in [4.78, 5) is 4.56. The molecule has 78 valence electrons. The lowest BCUT2D eigenvalue weighted by molar-refractivity contribution is 0.186. The van der Waals surface area contributed by atoms with Crippen molar-refractivity contribution in [2.24, 2.45) is 5.41 Å². The lowest BCUT2D eigenvalue weighted by atomic mass is 9.93. The van der Waals surface area contributed by atoms with Crippen molar-refractivity contribution in [2.45, 2.75) is 13.8 Å². The van der Waals surface area contributed by atoms with Gasteiger partial charge in [-0.05, 0) is 12.5 Å². The predicted molar refractivity (Wildman–Crippen MR) is 53.7 cm³/mol. The van der Waals surface area contributed by atoms with Crippen LogP contribution in [0.5, 0.6) is 0 Å². The third-order valence-electron chi connectivity index (χ3n) is 2.55. The molecule has 0 aromatic heterocycles. The zero-order valence-corrected chi connectivity index (χ0v) is 9.02. The minimum Gasteiger partial charge on any atom is -0.305 e. The fourth-order valence-corrected chi connectivity index (χ4v) is 2.17. The van der Waals surface area contributed by atoms with E-state index in [1.165, 1.54) is 0 Å². The van der Waals surface area contributed by atoms with Crippen LogP contribution in [0, 0.1) is 5.41 Å². The van der Waals surface area contributed by atoms with Crippen LogP contribution in [0.4, 0.5) is 4.39 Å². The third kappa shape index (κ3) is 3.61. The summed E-state index contributed by atoms with van der Waals surface area (Å²) in [5, 5.41) is 0. The molecular weight excluding hydrogens is 167 g/mol. The van der Waals surface area contributed by atoms with Crippen LogP contribution in [0.25, 0.3) is 0 Å². The van der Waals surface area contributed by atoms with Gasteiger partial charge in [-0.3, -0.25) is 4.90 Å². The maximum atomic E-state index is 12.2. The average molecular weight is 188 g/mol. The smallest absolute Gasteiger partial charge is 0.102 e. The summed E-state index contributed by atoms with van der Waals surface area (Å²) in [6.07, 6.45) is 0.